The van der Waals surface area contributed by atoms with Crippen LogP contribution in [-0.4, -0.2) is 68.1 Å². The van der Waals surface area contributed by atoms with Crippen LogP contribution in [0.5, 0.6) is 0 Å². The Morgan fingerprint density at radius 3 is 2.75 bits per heavy atom. The monoisotopic (exact) mass is 405 g/mol. The standard InChI is InChI=1S/C22H39N5S/c1-19-7-3-4-12-27(19)13-6-11-24-22(23-2)25-17-20-9-14-26(15-10-20)18-21-8-5-16-28-21/h5,8,16,19-20H,3-4,6-7,9-15,17-18H2,1-2H3,(H2,23,24,25). The average molecular weight is 406 g/mol. The van der Waals surface area contributed by atoms with Crippen molar-refractivity contribution in [2.24, 2.45) is 10.9 Å². The first-order valence-electron chi connectivity index (χ1n) is 11.2. The van der Waals surface area contributed by atoms with E-state index in [9.17, 15) is 0 Å². The van der Waals surface area contributed by atoms with Crippen LogP contribution in [-0.2, 0) is 6.54 Å². The van der Waals surface area contributed by atoms with Gasteiger partial charge in [-0.1, -0.05) is 12.5 Å². The number of aliphatic imine (C=N–C) groups is 1. The summed E-state index contributed by atoms with van der Waals surface area (Å²) >= 11 is 1.87. The quantitative estimate of drug-likeness (QED) is 0.395. The fraction of sp³-hybridized carbons (Fsp3) is 0.773. The molecule has 1 atom stereocenters. The van der Waals surface area contributed by atoms with E-state index in [-0.39, 0.29) is 0 Å². The SMILES string of the molecule is CN=C(NCCCN1CCCCC1C)NCC1CCN(Cc2cccs2)CC1. The zero-order chi connectivity index (χ0) is 19.6. The van der Waals surface area contributed by atoms with Crippen molar-refractivity contribution in [2.45, 2.75) is 58.0 Å². The second-order valence-electron chi connectivity index (χ2n) is 8.41. The van der Waals surface area contributed by atoms with Crippen molar-refractivity contribution < 1.29 is 0 Å². The molecule has 0 aliphatic carbocycles. The van der Waals surface area contributed by atoms with E-state index >= 15 is 0 Å². The molecule has 5 nitrogen and oxygen atoms in total. The van der Waals surface area contributed by atoms with Gasteiger partial charge in [0.25, 0.3) is 0 Å². The van der Waals surface area contributed by atoms with Crippen molar-refractivity contribution in [3.05, 3.63) is 22.4 Å². The van der Waals surface area contributed by atoms with Crippen molar-refractivity contribution in [3.63, 3.8) is 0 Å². The number of guanidine groups is 1. The van der Waals surface area contributed by atoms with Gasteiger partial charge in [-0.15, -0.1) is 11.3 Å². The van der Waals surface area contributed by atoms with Crippen molar-refractivity contribution in [3.8, 4) is 0 Å². The van der Waals surface area contributed by atoms with Gasteiger partial charge in [0.05, 0.1) is 0 Å². The van der Waals surface area contributed by atoms with Crippen LogP contribution in [0, 0.1) is 5.92 Å². The lowest BCUT2D eigenvalue weighted by Crippen LogP contribution is -2.44. The Bertz CT molecular complexity index is 565. The van der Waals surface area contributed by atoms with E-state index < -0.39 is 0 Å². The minimum absolute atomic E-state index is 0.757. The Morgan fingerprint density at radius 2 is 2.04 bits per heavy atom. The first kappa shape index (κ1) is 21.6. The van der Waals surface area contributed by atoms with Gasteiger partial charge in [-0.25, -0.2) is 0 Å². The van der Waals surface area contributed by atoms with Gasteiger partial charge in [0.1, 0.15) is 0 Å². The van der Waals surface area contributed by atoms with Crippen LogP contribution >= 0.6 is 11.3 Å². The molecule has 6 heteroatoms. The van der Waals surface area contributed by atoms with Crippen molar-refractivity contribution >= 4 is 17.3 Å². The molecule has 1 aromatic heterocycles. The van der Waals surface area contributed by atoms with Crippen LogP contribution in [0.4, 0.5) is 0 Å². The molecule has 1 unspecified atom stereocenters. The molecule has 1 aromatic rings. The number of hydrogen-bond donors (Lipinski definition) is 2. The van der Waals surface area contributed by atoms with Crippen LogP contribution in [0.25, 0.3) is 0 Å². The van der Waals surface area contributed by atoms with Crippen molar-refractivity contribution in [2.75, 3.05) is 46.3 Å². The molecule has 158 valence electrons. The van der Waals surface area contributed by atoms with Crippen LogP contribution in [0.1, 0.15) is 50.3 Å². The zero-order valence-electron chi connectivity index (χ0n) is 17.8. The normalized spacial score (nSPS) is 23.1. The summed E-state index contributed by atoms with van der Waals surface area (Å²) < 4.78 is 0. The third-order valence-electron chi connectivity index (χ3n) is 6.30. The summed E-state index contributed by atoms with van der Waals surface area (Å²) in [7, 11) is 1.88. The highest BCUT2D eigenvalue weighted by atomic mass is 32.1. The lowest BCUT2D eigenvalue weighted by molar-refractivity contribution is 0.159. The maximum absolute atomic E-state index is 4.41. The summed E-state index contributed by atoms with van der Waals surface area (Å²) in [6, 6.07) is 5.17. The van der Waals surface area contributed by atoms with Gasteiger partial charge < -0.3 is 15.5 Å². The zero-order valence-corrected chi connectivity index (χ0v) is 18.6. The predicted molar refractivity (Wildman–Crippen MR) is 121 cm³/mol. The molecule has 0 saturated carbocycles. The fourth-order valence-electron chi connectivity index (χ4n) is 4.41. The van der Waals surface area contributed by atoms with E-state index in [2.05, 4.69) is 49.9 Å². The average Bonchev–Trinajstić information content (AvgIpc) is 3.23. The highest BCUT2D eigenvalue weighted by Gasteiger charge is 2.20. The third-order valence-corrected chi connectivity index (χ3v) is 7.16. The molecule has 0 radical (unpaired) electrons. The molecule has 2 aliphatic heterocycles. The number of likely N-dealkylation sites (tertiary alicyclic amines) is 2. The smallest absolute Gasteiger partial charge is 0.190 e. The number of rotatable bonds is 8. The number of nitrogens with zero attached hydrogens (tertiary/aromatic N) is 3. The number of piperidine rings is 2. The molecule has 0 spiro atoms. The summed E-state index contributed by atoms with van der Waals surface area (Å²) in [6.07, 6.45) is 7.88. The van der Waals surface area contributed by atoms with E-state index in [1.165, 1.54) is 69.6 Å². The molecule has 0 aromatic carbocycles. The van der Waals surface area contributed by atoms with E-state index in [0.29, 0.717) is 0 Å². The number of thiophene rings is 1. The predicted octanol–water partition coefficient (Wildman–Crippen LogP) is 3.39. The highest BCUT2D eigenvalue weighted by molar-refractivity contribution is 7.09. The van der Waals surface area contributed by atoms with E-state index in [1.807, 2.05) is 18.4 Å². The minimum Gasteiger partial charge on any atom is -0.356 e. The van der Waals surface area contributed by atoms with Crippen LogP contribution in [0.3, 0.4) is 0 Å². The molecule has 0 bridgehead atoms. The second-order valence-corrected chi connectivity index (χ2v) is 9.45. The van der Waals surface area contributed by atoms with Gasteiger partial charge in [0.2, 0.25) is 0 Å². The molecule has 28 heavy (non-hydrogen) atoms. The Labute approximate surface area is 175 Å². The Morgan fingerprint density at radius 1 is 1.18 bits per heavy atom. The molecule has 2 saturated heterocycles. The topological polar surface area (TPSA) is 42.9 Å². The van der Waals surface area contributed by atoms with Crippen LogP contribution in [0.2, 0.25) is 0 Å². The molecular weight excluding hydrogens is 366 g/mol. The van der Waals surface area contributed by atoms with Gasteiger partial charge in [0.15, 0.2) is 5.96 Å². The Kier molecular flexibility index (Phi) is 9.09. The first-order chi connectivity index (χ1) is 13.7. The summed E-state index contributed by atoms with van der Waals surface area (Å²) in [5.74, 6) is 1.72. The maximum atomic E-state index is 4.41. The third kappa shape index (κ3) is 7.05. The van der Waals surface area contributed by atoms with Crippen molar-refractivity contribution in [1.29, 1.82) is 0 Å². The Balaban J connectivity index is 1.26. The molecule has 2 fully saturated rings. The lowest BCUT2D eigenvalue weighted by atomic mass is 9.97. The van der Waals surface area contributed by atoms with Crippen LogP contribution in [0.15, 0.2) is 22.5 Å². The van der Waals surface area contributed by atoms with E-state index in [0.717, 1.165) is 37.6 Å². The highest BCUT2D eigenvalue weighted by Crippen LogP contribution is 2.20. The minimum atomic E-state index is 0.757. The van der Waals surface area contributed by atoms with Gasteiger partial charge in [-0.2, -0.15) is 0 Å². The number of hydrogen-bond acceptors (Lipinski definition) is 4. The molecular formula is C22H39N5S. The number of nitrogens with one attached hydrogen (secondary N) is 2. The molecule has 0 amide bonds. The summed E-state index contributed by atoms with van der Waals surface area (Å²) in [6.45, 7) is 10.4. The van der Waals surface area contributed by atoms with Crippen molar-refractivity contribution in [1.82, 2.24) is 20.4 Å². The van der Waals surface area contributed by atoms with Gasteiger partial charge >= 0.3 is 0 Å². The van der Waals surface area contributed by atoms with Gasteiger partial charge in [0, 0.05) is 44.1 Å². The molecule has 3 rings (SSSR count). The summed E-state index contributed by atoms with van der Waals surface area (Å²) in [4.78, 5) is 11.1. The summed E-state index contributed by atoms with van der Waals surface area (Å²) in [5, 5.41) is 9.24. The van der Waals surface area contributed by atoms with E-state index in [4.69, 9.17) is 0 Å². The molecule has 2 aliphatic rings. The summed E-state index contributed by atoms with van der Waals surface area (Å²) in [5.41, 5.74) is 0. The first-order valence-corrected chi connectivity index (χ1v) is 12.1. The van der Waals surface area contributed by atoms with Crippen LogP contribution < -0.4 is 10.6 Å². The largest absolute Gasteiger partial charge is 0.356 e. The lowest BCUT2D eigenvalue weighted by Gasteiger charge is -2.33. The fourth-order valence-corrected chi connectivity index (χ4v) is 5.16. The van der Waals surface area contributed by atoms with E-state index in [1.54, 1.807) is 0 Å². The van der Waals surface area contributed by atoms with Gasteiger partial charge in [-0.3, -0.25) is 9.89 Å². The maximum Gasteiger partial charge on any atom is 0.190 e. The Hall–Kier alpha value is -1.11. The molecule has 3 heterocycles. The molecule has 2 N–H and O–H groups in total. The van der Waals surface area contributed by atoms with Gasteiger partial charge in [-0.05, 0) is 76.0 Å². The second kappa shape index (κ2) is 11.8.